The molecular weight excluding hydrogens is 464 g/mol. The average molecular weight is 488 g/mol. The molecule has 0 saturated heterocycles. The molecule has 3 aromatic carbocycles. The van der Waals surface area contributed by atoms with Crippen molar-refractivity contribution in [2.24, 2.45) is 0 Å². The van der Waals surface area contributed by atoms with E-state index in [1.165, 1.54) is 24.3 Å². The van der Waals surface area contributed by atoms with Crippen LogP contribution in [0.15, 0.2) is 84.9 Å². The summed E-state index contributed by atoms with van der Waals surface area (Å²) in [5.41, 5.74) is 0.833. The van der Waals surface area contributed by atoms with Crippen LogP contribution in [0.5, 0.6) is 0 Å². The Labute approximate surface area is 207 Å². The third-order valence-electron chi connectivity index (χ3n) is 5.08. The van der Waals surface area contributed by atoms with Gasteiger partial charge in [-0.1, -0.05) is 84.9 Å². The number of hydrogen-bond acceptors (Lipinski definition) is 8. The summed E-state index contributed by atoms with van der Waals surface area (Å²) in [6.07, 6.45) is 0. The third-order valence-corrected chi connectivity index (χ3v) is 5.08. The maximum absolute atomic E-state index is 13.0. The molecule has 184 valence electrons. The lowest BCUT2D eigenvalue weighted by atomic mass is 10.1. The van der Waals surface area contributed by atoms with Crippen LogP contribution >= 0.6 is 0 Å². The lowest BCUT2D eigenvalue weighted by Gasteiger charge is -2.10. The summed E-state index contributed by atoms with van der Waals surface area (Å²) in [4.78, 5) is 50.1. The van der Waals surface area contributed by atoms with E-state index in [1.54, 1.807) is 48.5 Å². The van der Waals surface area contributed by atoms with Crippen LogP contribution in [0.1, 0.15) is 11.1 Å². The second-order valence-electron chi connectivity index (χ2n) is 7.43. The molecule has 36 heavy (non-hydrogen) atoms. The molecule has 8 nitrogen and oxygen atoms in total. The molecular formula is C28H24O8. The van der Waals surface area contributed by atoms with Gasteiger partial charge < -0.3 is 18.9 Å². The minimum absolute atomic E-state index is 0.0458. The van der Waals surface area contributed by atoms with Gasteiger partial charge in [-0.15, -0.1) is 0 Å². The molecule has 0 bridgehead atoms. The molecule has 0 spiro atoms. The predicted molar refractivity (Wildman–Crippen MR) is 129 cm³/mol. The van der Waals surface area contributed by atoms with E-state index in [2.05, 4.69) is 9.47 Å². The minimum atomic E-state index is -0.886. The highest BCUT2D eigenvalue weighted by molar-refractivity contribution is 6.37. The average Bonchev–Trinajstić information content (AvgIpc) is 2.92. The molecule has 0 amide bonds. The van der Waals surface area contributed by atoms with Gasteiger partial charge in [0.05, 0.1) is 14.2 Å². The summed E-state index contributed by atoms with van der Waals surface area (Å²) in [5, 5.41) is 0.371. The van der Waals surface area contributed by atoms with Gasteiger partial charge in [-0.2, -0.15) is 0 Å². The van der Waals surface area contributed by atoms with Crippen molar-refractivity contribution in [2.75, 3.05) is 14.2 Å². The molecule has 0 aliphatic carbocycles. The van der Waals surface area contributed by atoms with Crippen LogP contribution < -0.4 is 10.4 Å². The highest BCUT2D eigenvalue weighted by atomic mass is 16.6. The molecule has 0 unspecified atom stereocenters. The maximum Gasteiger partial charge on any atom is 0.346 e. The first-order valence-electron chi connectivity index (χ1n) is 10.9. The Hall–Kier alpha value is -4.72. The summed E-state index contributed by atoms with van der Waals surface area (Å²) in [7, 11) is 2.27. The lowest BCUT2D eigenvalue weighted by Crippen LogP contribution is -2.27. The fourth-order valence-electron chi connectivity index (χ4n) is 3.24. The van der Waals surface area contributed by atoms with Gasteiger partial charge in [0.2, 0.25) is 0 Å². The molecule has 0 saturated carbocycles. The molecule has 3 rings (SSSR count). The largest absolute Gasteiger partial charge is 0.465 e. The van der Waals surface area contributed by atoms with Gasteiger partial charge in [-0.3, -0.25) is 0 Å². The Balaban J connectivity index is 2.00. The van der Waals surface area contributed by atoms with Crippen molar-refractivity contribution in [2.45, 2.75) is 13.2 Å². The van der Waals surface area contributed by atoms with Crippen LogP contribution in [0.4, 0.5) is 0 Å². The Morgan fingerprint density at radius 1 is 0.500 bits per heavy atom. The molecule has 0 aliphatic heterocycles. The topological polar surface area (TPSA) is 105 Å². The van der Waals surface area contributed by atoms with Crippen LogP contribution in [-0.2, 0) is 51.3 Å². The number of rotatable bonds is 8. The number of esters is 4. The highest BCUT2D eigenvalue weighted by Crippen LogP contribution is 2.09. The second-order valence-corrected chi connectivity index (χ2v) is 7.43. The van der Waals surface area contributed by atoms with Crippen LogP contribution in [0.25, 0.3) is 11.1 Å². The summed E-state index contributed by atoms with van der Waals surface area (Å²) >= 11 is 0. The maximum atomic E-state index is 13.0. The number of carbonyl (C=O) groups excluding carboxylic acids is 4. The van der Waals surface area contributed by atoms with Crippen molar-refractivity contribution in [3.8, 4) is 0 Å². The van der Waals surface area contributed by atoms with Gasteiger partial charge in [0, 0.05) is 0 Å². The standard InChI is InChI=1S/C28H24O8/c1-33-25(29)23(26(30)34-2)21-13-15-22(16-14-21)24(27(31)35-17-19-9-5-3-6-10-19)28(32)36-18-20-11-7-4-8-12-20/h3-16H,17-18H2,1-2H3. The van der Waals surface area contributed by atoms with Crippen molar-refractivity contribution in [1.29, 1.82) is 0 Å². The summed E-state index contributed by atoms with van der Waals surface area (Å²) < 4.78 is 20.1. The van der Waals surface area contributed by atoms with Gasteiger partial charge in [0.15, 0.2) is 11.1 Å². The van der Waals surface area contributed by atoms with E-state index in [4.69, 9.17) is 9.47 Å². The van der Waals surface area contributed by atoms with Gasteiger partial charge in [-0.05, 0) is 21.6 Å². The highest BCUT2D eigenvalue weighted by Gasteiger charge is 2.24. The van der Waals surface area contributed by atoms with E-state index in [1.807, 2.05) is 12.1 Å². The molecule has 0 aromatic heterocycles. The zero-order valence-electron chi connectivity index (χ0n) is 19.8. The molecule has 0 fully saturated rings. The Kier molecular flexibility index (Phi) is 9.11. The minimum Gasteiger partial charge on any atom is -0.465 e. The quantitative estimate of drug-likeness (QED) is 0.269. The monoisotopic (exact) mass is 488 g/mol. The number of benzene rings is 3. The van der Waals surface area contributed by atoms with Crippen molar-refractivity contribution in [3.05, 3.63) is 106 Å². The normalized spacial score (nSPS) is 10.1. The van der Waals surface area contributed by atoms with Crippen LogP contribution in [-0.4, -0.2) is 38.1 Å². The van der Waals surface area contributed by atoms with Gasteiger partial charge in [-0.25, -0.2) is 19.2 Å². The SMILES string of the molecule is COC(=O)C(C(=O)OC)=c1ccc(=C(C(=O)OCc2ccccc2)C(=O)OCc2ccccc2)cc1. The molecule has 0 N–H and O–H groups in total. The fourth-order valence-corrected chi connectivity index (χ4v) is 3.24. The molecule has 0 heterocycles. The van der Waals surface area contributed by atoms with Crippen molar-refractivity contribution in [1.82, 2.24) is 0 Å². The number of carbonyl (C=O) groups is 4. The number of methoxy groups -OCH3 is 2. The van der Waals surface area contributed by atoms with Crippen LogP contribution in [0.3, 0.4) is 0 Å². The van der Waals surface area contributed by atoms with E-state index in [-0.39, 0.29) is 34.8 Å². The first-order valence-corrected chi connectivity index (χ1v) is 10.9. The Bertz CT molecular complexity index is 1260. The molecule has 0 atom stereocenters. The van der Waals surface area contributed by atoms with E-state index in [0.29, 0.717) is 0 Å². The van der Waals surface area contributed by atoms with E-state index >= 15 is 0 Å². The van der Waals surface area contributed by atoms with Crippen LogP contribution in [0.2, 0.25) is 0 Å². The fraction of sp³-hybridized carbons (Fsp3) is 0.143. The van der Waals surface area contributed by atoms with Crippen molar-refractivity contribution in [3.63, 3.8) is 0 Å². The first-order chi connectivity index (χ1) is 17.4. The van der Waals surface area contributed by atoms with E-state index in [0.717, 1.165) is 25.3 Å². The summed E-state index contributed by atoms with van der Waals surface area (Å²) in [6, 6.07) is 23.6. The van der Waals surface area contributed by atoms with E-state index in [9.17, 15) is 19.2 Å². The van der Waals surface area contributed by atoms with Gasteiger partial charge in [0.25, 0.3) is 0 Å². The Morgan fingerprint density at radius 3 is 1.17 bits per heavy atom. The lowest BCUT2D eigenvalue weighted by molar-refractivity contribution is -0.145. The zero-order chi connectivity index (χ0) is 25.9. The molecule has 0 aliphatic rings. The van der Waals surface area contributed by atoms with Crippen molar-refractivity contribution >= 4 is 35.0 Å². The first kappa shape index (κ1) is 25.9. The molecule has 8 heteroatoms. The van der Waals surface area contributed by atoms with Gasteiger partial charge in [0.1, 0.15) is 13.2 Å². The summed E-state index contributed by atoms with van der Waals surface area (Å²) in [5.74, 6) is -3.53. The number of ether oxygens (including phenoxy) is 4. The predicted octanol–water partition coefficient (Wildman–Crippen LogP) is 1.82. The summed E-state index contributed by atoms with van der Waals surface area (Å²) in [6.45, 7) is -0.0916. The zero-order valence-corrected chi connectivity index (χ0v) is 19.8. The van der Waals surface area contributed by atoms with Gasteiger partial charge >= 0.3 is 23.9 Å². The van der Waals surface area contributed by atoms with Crippen molar-refractivity contribution < 1.29 is 38.1 Å². The van der Waals surface area contributed by atoms with E-state index < -0.39 is 23.9 Å². The number of hydrogen-bond donors (Lipinski definition) is 0. The van der Waals surface area contributed by atoms with Crippen LogP contribution in [0, 0.1) is 0 Å². The molecule has 0 radical (unpaired) electrons. The smallest absolute Gasteiger partial charge is 0.346 e. The molecule has 3 aromatic rings. The third kappa shape index (κ3) is 6.66. The second kappa shape index (κ2) is 12.7. The Morgan fingerprint density at radius 2 is 0.833 bits per heavy atom.